The lowest BCUT2D eigenvalue weighted by Crippen LogP contribution is -2.51. The third kappa shape index (κ3) is 3.39. The molecule has 2 aromatic heterocycles. The molecule has 2 amide bonds. The van der Waals surface area contributed by atoms with Gasteiger partial charge >= 0.3 is 0 Å². The Morgan fingerprint density at radius 1 is 1.03 bits per heavy atom. The molecule has 2 N–H and O–H groups in total. The zero-order chi connectivity index (χ0) is 22.2. The third-order valence-corrected chi connectivity index (χ3v) is 6.07. The number of nitrogens with two attached hydrogens (primary N) is 1. The Balaban J connectivity index is 1.67. The Morgan fingerprint density at radius 2 is 1.84 bits per heavy atom. The highest BCUT2D eigenvalue weighted by molar-refractivity contribution is 6.09. The number of fused-ring (bicyclic) bond motifs is 2. The number of pyridine rings is 2. The van der Waals surface area contributed by atoms with E-state index in [0.29, 0.717) is 24.2 Å². The van der Waals surface area contributed by atoms with Gasteiger partial charge in [0.15, 0.2) is 0 Å². The summed E-state index contributed by atoms with van der Waals surface area (Å²) in [5, 5.41) is 0.754. The van der Waals surface area contributed by atoms with E-state index in [9.17, 15) is 9.59 Å². The number of primary amides is 1. The van der Waals surface area contributed by atoms with Gasteiger partial charge in [-0.2, -0.15) is 0 Å². The molecule has 2 aromatic carbocycles. The average molecular weight is 422 g/mol. The predicted octanol–water partition coefficient (Wildman–Crippen LogP) is 3.66. The first-order valence-electron chi connectivity index (χ1n) is 10.5. The van der Waals surface area contributed by atoms with E-state index in [1.54, 1.807) is 23.4 Å². The number of aromatic nitrogens is 2. The summed E-state index contributed by atoms with van der Waals surface area (Å²) in [5.41, 5.74) is 11.5. The lowest BCUT2D eigenvalue weighted by molar-refractivity contribution is -0.122. The molecular weight excluding hydrogens is 400 g/mol. The fraction of sp³-hybridized carbons (Fsp3) is 0.154. The average Bonchev–Trinajstić information content (AvgIpc) is 2.83. The standard InChI is InChI=1S/C26H22N4O2/c1-16-6-4-10-20-21(13-22(29-24(16)20)18-9-5-11-28-14-18)26(32)30-15-19-8-3-2-7-17(19)12-23(30)25(27)31/h2-11,13-14,23H,12,15H2,1H3,(H2,27,31)/t23-/m1/s1. The Kier molecular flexibility index (Phi) is 4.90. The number of para-hydroxylation sites is 1. The van der Waals surface area contributed by atoms with Crippen molar-refractivity contribution >= 4 is 22.7 Å². The number of nitrogens with zero attached hydrogens (tertiary/aromatic N) is 3. The molecule has 1 aliphatic rings. The van der Waals surface area contributed by atoms with Crippen LogP contribution in [0.3, 0.4) is 0 Å². The first-order chi connectivity index (χ1) is 15.5. The van der Waals surface area contributed by atoms with E-state index in [2.05, 4.69) is 4.98 Å². The van der Waals surface area contributed by atoms with Crippen LogP contribution < -0.4 is 5.73 Å². The number of carbonyl (C=O) groups excluding carboxylic acids is 2. The highest BCUT2D eigenvalue weighted by Gasteiger charge is 2.34. The summed E-state index contributed by atoms with van der Waals surface area (Å²) in [4.78, 5) is 36.8. The number of aryl methyl sites for hydroxylation is 1. The van der Waals surface area contributed by atoms with E-state index in [1.807, 2.05) is 61.5 Å². The zero-order valence-electron chi connectivity index (χ0n) is 17.7. The van der Waals surface area contributed by atoms with Crippen LogP contribution in [0.25, 0.3) is 22.2 Å². The minimum atomic E-state index is -0.702. The summed E-state index contributed by atoms with van der Waals surface area (Å²) < 4.78 is 0. The number of hydrogen-bond donors (Lipinski definition) is 1. The van der Waals surface area contributed by atoms with Gasteiger partial charge in [-0.25, -0.2) is 4.98 Å². The topological polar surface area (TPSA) is 89.2 Å². The molecule has 0 saturated heterocycles. The smallest absolute Gasteiger partial charge is 0.255 e. The molecule has 1 aliphatic heterocycles. The summed E-state index contributed by atoms with van der Waals surface area (Å²) in [5.74, 6) is -0.735. The van der Waals surface area contributed by atoms with Crippen LogP contribution in [-0.4, -0.2) is 32.7 Å². The fourth-order valence-electron chi connectivity index (χ4n) is 4.38. The van der Waals surface area contributed by atoms with Crippen molar-refractivity contribution in [1.29, 1.82) is 0 Å². The quantitative estimate of drug-likeness (QED) is 0.546. The maximum Gasteiger partial charge on any atom is 0.255 e. The van der Waals surface area contributed by atoms with Gasteiger partial charge in [-0.1, -0.05) is 42.5 Å². The molecule has 1 atom stereocenters. The van der Waals surface area contributed by atoms with Crippen LogP contribution in [0.2, 0.25) is 0 Å². The zero-order valence-corrected chi connectivity index (χ0v) is 17.7. The molecular formula is C26H22N4O2. The maximum absolute atomic E-state index is 13.9. The van der Waals surface area contributed by atoms with Crippen LogP contribution in [-0.2, 0) is 17.8 Å². The molecule has 32 heavy (non-hydrogen) atoms. The second-order valence-corrected chi connectivity index (χ2v) is 8.09. The van der Waals surface area contributed by atoms with Crippen molar-refractivity contribution in [3.63, 3.8) is 0 Å². The van der Waals surface area contributed by atoms with Crippen molar-refractivity contribution in [2.24, 2.45) is 5.73 Å². The van der Waals surface area contributed by atoms with E-state index in [1.165, 1.54) is 0 Å². The van der Waals surface area contributed by atoms with E-state index in [4.69, 9.17) is 10.7 Å². The summed E-state index contributed by atoms with van der Waals surface area (Å²) in [6.45, 7) is 2.31. The second kappa shape index (κ2) is 7.89. The van der Waals surface area contributed by atoms with Gasteiger partial charge in [0.25, 0.3) is 5.91 Å². The van der Waals surface area contributed by atoms with Crippen molar-refractivity contribution in [3.05, 3.63) is 95.3 Å². The molecule has 4 aromatic rings. The summed E-state index contributed by atoms with van der Waals surface area (Å²) in [7, 11) is 0. The largest absolute Gasteiger partial charge is 0.368 e. The summed E-state index contributed by atoms with van der Waals surface area (Å²) in [6, 6.07) is 18.5. The molecule has 3 heterocycles. The van der Waals surface area contributed by atoms with Crippen molar-refractivity contribution in [1.82, 2.24) is 14.9 Å². The number of amides is 2. The van der Waals surface area contributed by atoms with E-state index >= 15 is 0 Å². The molecule has 6 nitrogen and oxygen atoms in total. The Morgan fingerprint density at radius 3 is 2.59 bits per heavy atom. The van der Waals surface area contributed by atoms with Crippen molar-refractivity contribution < 1.29 is 9.59 Å². The van der Waals surface area contributed by atoms with E-state index in [0.717, 1.165) is 33.2 Å². The minimum absolute atomic E-state index is 0.230. The predicted molar refractivity (Wildman–Crippen MR) is 123 cm³/mol. The Hall–Kier alpha value is -4.06. The molecule has 158 valence electrons. The number of carbonyl (C=O) groups is 2. The highest BCUT2D eigenvalue weighted by atomic mass is 16.2. The summed E-state index contributed by atoms with van der Waals surface area (Å²) in [6.07, 6.45) is 3.84. The van der Waals surface area contributed by atoms with Crippen LogP contribution in [0.4, 0.5) is 0 Å². The third-order valence-electron chi connectivity index (χ3n) is 6.07. The molecule has 0 bridgehead atoms. The highest BCUT2D eigenvalue weighted by Crippen LogP contribution is 2.30. The van der Waals surface area contributed by atoms with Crippen molar-refractivity contribution in [3.8, 4) is 11.3 Å². The van der Waals surface area contributed by atoms with Gasteiger partial charge in [0, 0.05) is 36.3 Å². The van der Waals surface area contributed by atoms with Crippen molar-refractivity contribution in [2.45, 2.75) is 25.9 Å². The summed E-state index contributed by atoms with van der Waals surface area (Å²) >= 11 is 0. The van der Waals surface area contributed by atoms with Crippen LogP contribution in [0.5, 0.6) is 0 Å². The molecule has 0 unspecified atom stereocenters. The number of hydrogen-bond acceptors (Lipinski definition) is 4. The second-order valence-electron chi connectivity index (χ2n) is 8.09. The molecule has 5 rings (SSSR count). The lowest BCUT2D eigenvalue weighted by Gasteiger charge is -2.35. The van der Waals surface area contributed by atoms with Gasteiger partial charge in [-0.05, 0) is 41.8 Å². The van der Waals surface area contributed by atoms with Crippen molar-refractivity contribution in [2.75, 3.05) is 0 Å². The normalized spacial score (nSPS) is 15.4. The first kappa shape index (κ1) is 19.9. The minimum Gasteiger partial charge on any atom is -0.368 e. The monoisotopic (exact) mass is 422 g/mol. The van der Waals surface area contributed by atoms with Gasteiger partial charge in [0.05, 0.1) is 16.8 Å². The van der Waals surface area contributed by atoms with Crippen LogP contribution in [0.1, 0.15) is 27.0 Å². The number of benzene rings is 2. The molecule has 0 aliphatic carbocycles. The van der Waals surface area contributed by atoms with Crippen LogP contribution in [0.15, 0.2) is 73.1 Å². The maximum atomic E-state index is 13.9. The molecule has 0 saturated carbocycles. The van der Waals surface area contributed by atoms with Gasteiger partial charge in [-0.3, -0.25) is 14.6 Å². The first-order valence-corrected chi connectivity index (χ1v) is 10.5. The number of rotatable bonds is 3. The van der Waals surface area contributed by atoms with E-state index < -0.39 is 11.9 Å². The van der Waals surface area contributed by atoms with Crippen LogP contribution in [0, 0.1) is 6.92 Å². The lowest BCUT2D eigenvalue weighted by atomic mass is 9.92. The molecule has 0 spiro atoms. The fourth-order valence-corrected chi connectivity index (χ4v) is 4.38. The van der Waals surface area contributed by atoms with Gasteiger partial charge in [0.2, 0.25) is 5.91 Å². The van der Waals surface area contributed by atoms with Gasteiger partial charge in [0.1, 0.15) is 6.04 Å². The van der Waals surface area contributed by atoms with Gasteiger partial charge < -0.3 is 10.6 Å². The Labute approximate surface area is 185 Å². The molecule has 0 fully saturated rings. The molecule has 0 radical (unpaired) electrons. The van der Waals surface area contributed by atoms with Gasteiger partial charge in [-0.15, -0.1) is 0 Å². The molecule has 6 heteroatoms. The Bertz CT molecular complexity index is 1350. The SMILES string of the molecule is Cc1cccc2c(C(=O)N3Cc4ccccc4C[C@@H]3C(N)=O)cc(-c3cccnc3)nc12. The van der Waals surface area contributed by atoms with Crippen LogP contribution >= 0.6 is 0 Å². The van der Waals surface area contributed by atoms with E-state index in [-0.39, 0.29) is 5.91 Å².